The van der Waals surface area contributed by atoms with Gasteiger partial charge < -0.3 is 5.11 Å². The highest BCUT2D eigenvalue weighted by Gasteiger charge is 2.16. The molecule has 0 aliphatic heterocycles. The number of aromatic carboxylic acids is 1. The standard InChI is InChI=1S/C9H4I2O2S/c10-4-2-1-3-5-6(4)7(11)8(14-5)9(12)13/h1-3H,(H,12,13). The van der Waals surface area contributed by atoms with Gasteiger partial charge in [0.15, 0.2) is 0 Å². The average molecular weight is 430 g/mol. The first-order chi connectivity index (χ1) is 6.61. The smallest absolute Gasteiger partial charge is 0.347 e. The molecule has 0 unspecified atom stereocenters. The van der Waals surface area contributed by atoms with Gasteiger partial charge in [0.05, 0.1) is 0 Å². The second-order valence-corrected chi connectivity index (χ2v) is 5.96. The summed E-state index contributed by atoms with van der Waals surface area (Å²) < 4.78 is 2.99. The van der Waals surface area contributed by atoms with E-state index >= 15 is 0 Å². The molecule has 0 fully saturated rings. The average Bonchev–Trinajstić information content (AvgIpc) is 2.45. The summed E-state index contributed by atoms with van der Waals surface area (Å²) in [6, 6.07) is 5.89. The fourth-order valence-corrected chi connectivity index (χ4v) is 4.96. The molecular weight excluding hydrogens is 426 g/mol. The van der Waals surface area contributed by atoms with Crippen molar-refractivity contribution in [3.63, 3.8) is 0 Å². The van der Waals surface area contributed by atoms with Gasteiger partial charge >= 0.3 is 5.97 Å². The minimum atomic E-state index is -0.841. The number of hydrogen-bond donors (Lipinski definition) is 1. The van der Waals surface area contributed by atoms with Crippen molar-refractivity contribution in [1.82, 2.24) is 0 Å². The first-order valence-electron chi connectivity index (χ1n) is 3.71. The summed E-state index contributed by atoms with van der Waals surface area (Å²) in [6.45, 7) is 0. The summed E-state index contributed by atoms with van der Waals surface area (Å²) in [7, 11) is 0. The zero-order valence-corrected chi connectivity index (χ0v) is 11.9. The van der Waals surface area contributed by atoms with E-state index in [1.54, 1.807) is 0 Å². The molecule has 1 aromatic heterocycles. The van der Waals surface area contributed by atoms with Crippen LogP contribution in [0.25, 0.3) is 10.1 Å². The van der Waals surface area contributed by atoms with E-state index in [9.17, 15) is 4.79 Å². The summed E-state index contributed by atoms with van der Waals surface area (Å²) in [5.74, 6) is -0.841. The third-order valence-electron chi connectivity index (χ3n) is 1.80. The fraction of sp³-hybridized carbons (Fsp3) is 0. The van der Waals surface area contributed by atoms with E-state index in [4.69, 9.17) is 5.11 Å². The van der Waals surface area contributed by atoms with Crippen LogP contribution in [0.2, 0.25) is 0 Å². The van der Waals surface area contributed by atoms with Gasteiger partial charge in [0.2, 0.25) is 0 Å². The Morgan fingerprint density at radius 3 is 2.64 bits per heavy atom. The molecule has 0 atom stereocenters. The number of carboxylic acid groups (broad SMARTS) is 1. The van der Waals surface area contributed by atoms with Gasteiger partial charge in [0.25, 0.3) is 0 Å². The Morgan fingerprint density at radius 1 is 1.36 bits per heavy atom. The molecule has 0 radical (unpaired) electrons. The zero-order chi connectivity index (χ0) is 10.3. The number of thiophene rings is 1. The van der Waals surface area contributed by atoms with E-state index in [-0.39, 0.29) is 0 Å². The van der Waals surface area contributed by atoms with Crippen LogP contribution in [-0.2, 0) is 0 Å². The monoisotopic (exact) mass is 430 g/mol. The quantitative estimate of drug-likeness (QED) is 0.700. The van der Waals surface area contributed by atoms with Gasteiger partial charge in [0.1, 0.15) is 4.88 Å². The minimum absolute atomic E-state index is 0.435. The molecule has 5 heteroatoms. The normalized spacial score (nSPS) is 10.7. The van der Waals surface area contributed by atoms with Crippen LogP contribution in [0.5, 0.6) is 0 Å². The van der Waals surface area contributed by atoms with E-state index in [2.05, 4.69) is 45.2 Å². The van der Waals surface area contributed by atoms with E-state index in [1.165, 1.54) is 11.3 Å². The van der Waals surface area contributed by atoms with E-state index in [0.29, 0.717) is 4.88 Å². The third kappa shape index (κ3) is 1.65. The van der Waals surface area contributed by atoms with Crippen molar-refractivity contribution >= 4 is 72.6 Å². The fourth-order valence-electron chi connectivity index (χ4n) is 1.21. The van der Waals surface area contributed by atoms with Gasteiger partial charge in [-0.3, -0.25) is 0 Å². The molecule has 0 aliphatic rings. The van der Waals surface area contributed by atoms with Crippen LogP contribution in [0.1, 0.15) is 9.67 Å². The number of rotatable bonds is 1. The first-order valence-corrected chi connectivity index (χ1v) is 6.68. The predicted molar refractivity (Wildman–Crippen MR) is 74.2 cm³/mol. The van der Waals surface area contributed by atoms with Crippen molar-refractivity contribution in [1.29, 1.82) is 0 Å². The highest BCUT2D eigenvalue weighted by molar-refractivity contribution is 14.1. The molecule has 0 spiro atoms. The van der Waals surface area contributed by atoms with Crippen molar-refractivity contribution in [3.8, 4) is 0 Å². The van der Waals surface area contributed by atoms with E-state index < -0.39 is 5.97 Å². The summed E-state index contributed by atoms with van der Waals surface area (Å²) in [5.41, 5.74) is 0. The van der Waals surface area contributed by atoms with Gasteiger partial charge in [-0.25, -0.2) is 4.79 Å². The number of hydrogen-bond acceptors (Lipinski definition) is 2. The maximum Gasteiger partial charge on any atom is 0.347 e. The van der Waals surface area contributed by atoms with Crippen LogP contribution in [0.15, 0.2) is 18.2 Å². The van der Waals surface area contributed by atoms with Gasteiger partial charge in [-0.15, -0.1) is 11.3 Å². The number of carboxylic acids is 1. The number of benzene rings is 1. The number of carbonyl (C=O) groups is 1. The van der Waals surface area contributed by atoms with Crippen molar-refractivity contribution in [2.45, 2.75) is 0 Å². The Labute approximate surface area is 112 Å². The summed E-state index contributed by atoms with van der Waals surface area (Å²) in [5, 5.41) is 10.0. The Morgan fingerprint density at radius 2 is 2.07 bits per heavy atom. The first kappa shape index (κ1) is 10.6. The maximum atomic E-state index is 10.9. The van der Waals surface area contributed by atoms with Gasteiger partial charge in [-0.05, 0) is 57.3 Å². The van der Waals surface area contributed by atoms with Crippen LogP contribution in [0.4, 0.5) is 0 Å². The van der Waals surface area contributed by atoms with Crippen LogP contribution < -0.4 is 0 Å². The molecule has 2 nitrogen and oxygen atoms in total. The van der Waals surface area contributed by atoms with Crippen LogP contribution >= 0.6 is 56.5 Å². The highest BCUT2D eigenvalue weighted by Crippen LogP contribution is 2.35. The summed E-state index contributed by atoms with van der Waals surface area (Å²) in [4.78, 5) is 11.3. The minimum Gasteiger partial charge on any atom is -0.477 e. The topological polar surface area (TPSA) is 37.3 Å². The van der Waals surface area contributed by atoms with Crippen molar-refractivity contribution < 1.29 is 9.90 Å². The van der Waals surface area contributed by atoms with Crippen LogP contribution in [0.3, 0.4) is 0 Å². The van der Waals surface area contributed by atoms with Gasteiger partial charge in [-0.2, -0.15) is 0 Å². The lowest BCUT2D eigenvalue weighted by Crippen LogP contribution is -1.93. The molecule has 2 aromatic rings. The molecule has 14 heavy (non-hydrogen) atoms. The lowest BCUT2D eigenvalue weighted by molar-refractivity contribution is 0.0701. The molecule has 0 saturated carbocycles. The molecule has 2 rings (SSSR count). The van der Waals surface area contributed by atoms with E-state index in [0.717, 1.165) is 17.2 Å². The predicted octanol–water partition coefficient (Wildman–Crippen LogP) is 3.81. The molecule has 1 aromatic carbocycles. The second-order valence-electron chi connectivity index (χ2n) is 2.66. The molecule has 1 heterocycles. The lowest BCUT2D eigenvalue weighted by atomic mass is 10.2. The van der Waals surface area contributed by atoms with Gasteiger partial charge in [0, 0.05) is 17.2 Å². The molecule has 0 bridgehead atoms. The Hall–Kier alpha value is 0.110. The molecular formula is C9H4I2O2S. The second kappa shape index (κ2) is 3.93. The third-order valence-corrected chi connectivity index (χ3v) is 5.29. The summed E-state index contributed by atoms with van der Waals surface area (Å²) in [6.07, 6.45) is 0. The SMILES string of the molecule is O=C(O)c1sc2cccc(I)c2c1I. The zero-order valence-electron chi connectivity index (χ0n) is 6.75. The van der Waals surface area contributed by atoms with Crippen LogP contribution in [-0.4, -0.2) is 11.1 Å². The molecule has 0 saturated heterocycles. The largest absolute Gasteiger partial charge is 0.477 e. The van der Waals surface area contributed by atoms with Crippen LogP contribution in [0, 0.1) is 7.14 Å². The Kier molecular flexibility index (Phi) is 2.98. The van der Waals surface area contributed by atoms with Crippen molar-refractivity contribution in [2.24, 2.45) is 0 Å². The Bertz CT molecular complexity index is 519. The molecule has 0 aliphatic carbocycles. The highest BCUT2D eigenvalue weighted by atomic mass is 127. The molecule has 72 valence electrons. The number of halogens is 2. The Balaban J connectivity index is 2.87. The van der Waals surface area contributed by atoms with Gasteiger partial charge in [-0.1, -0.05) is 6.07 Å². The maximum absolute atomic E-state index is 10.9. The number of fused-ring (bicyclic) bond motifs is 1. The molecule has 0 amide bonds. The van der Waals surface area contributed by atoms with Crippen molar-refractivity contribution in [2.75, 3.05) is 0 Å². The lowest BCUT2D eigenvalue weighted by Gasteiger charge is -1.93. The van der Waals surface area contributed by atoms with Crippen molar-refractivity contribution in [3.05, 3.63) is 30.2 Å². The summed E-state index contributed by atoms with van der Waals surface area (Å²) >= 11 is 5.66. The molecule has 1 N–H and O–H groups in total. The van der Waals surface area contributed by atoms with E-state index in [1.807, 2.05) is 18.2 Å².